The van der Waals surface area contributed by atoms with Gasteiger partial charge in [-0.1, -0.05) is 0 Å². The standard InChI is InChI=1S/C9H17N3O3/c1-9(7(13)14)3-2-6-12(9)8(15)11-5-4-10/h2-6,10H2,1H3,(H,11,15)(H,13,14). The van der Waals surface area contributed by atoms with Gasteiger partial charge in [-0.25, -0.2) is 9.59 Å². The average molecular weight is 215 g/mol. The summed E-state index contributed by atoms with van der Waals surface area (Å²) in [7, 11) is 0. The van der Waals surface area contributed by atoms with Crippen LogP contribution in [0.25, 0.3) is 0 Å². The molecule has 0 aliphatic carbocycles. The van der Waals surface area contributed by atoms with Crippen LogP contribution in [0.1, 0.15) is 19.8 Å². The molecule has 0 spiro atoms. The molecule has 15 heavy (non-hydrogen) atoms. The van der Waals surface area contributed by atoms with Gasteiger partial charge in [0.1, 0.15) is 5.54 Å². The predicted molar refractivity (Wildman–Crippen MR) is 54.4 cm³/mol. The second-order valence-electron chi connectivity index (χ2n) is 3.85. The molecule has 1 aliphatic heterocycles. The minimum absolute atomic E-state index is 0.345. The topological polar surface area (TPSA) is 95.7 Å². The minimum atomic E-state index is -1.07. The quantitative estimate of drug-likeness (QED) is 0.596. The summed E-state index contributed by atoms with van der Waals surface area (Å²) in [6, 6.07) is -0.345. The lowest BCUT2D eigenvalue weighted by Gasteiger charge is -2.31. The fraction of sp³-hybridized carbons (Fsp3) is 0.778. The van der Waals surface area contributed by atoms with Crippen molar-refractivity contribution in [2.45, 2.75) is 25.3 Å². The predicted octanol–water partition coefficient (Wildman–Crippen LogP) is -0.406. The summed E-state index contributed by atoms with van der Waals surface area (Å²) in [6.07, 6.45) is 1.22. The largest absolute Gasteiger partial charge is 0.480 e. The van der Waals surface area contributed by atoms with Gasteiger partial charge in [0.2, 0.25) is 0 Å². The highest BCUT2D eigenvalue weighted by atomic mass is 16.4. The van der Waals surface area contributed by atoms with Gasteiger partial charge in [0.05, 0.1) is 0 Å². The van der Waals surface area contributed by atoms with Gasteiger partial charge in [-0.15, -0.1) is 0 Å². The Bertz CT molecular complexity index is 269. The van der Waals surface area contributed by atoms with Crippen LogP contribution in [0.2, 0.25) is 0 Å². The lowest BCUT2D eigenvalue weighted by atomic mass is 10.00. The number of nitrogens with one attached hydrogen (secondary N) is 1. The molecule has 0 saturated carbocycles. The van der Waals surface area contributed by atoms with Crippen molar-refractivity contribution >= 4 is 12.0 Å². The number of carbonyl (C=O) groups excluding carboxylic acids is 1. The average Bonchev–Trinajstić information content (AvgIpc) is 2.58. The zero-order valence-corrected chi connectivity index (χ0v) is 8.82. The molecule has 0 bridgehead atoms. The summed E-state index contributed by atoms with van der Waals surface area (Å²) in [6.45, 7) is 2.78. The maximum atomic E-state index is 11.6. The van der Waals surface area contributed by atoms with Gasteiger partial charge < -0.3 is 21.1 Å². The van der Waals surface area contributed by atoms with Gasteiger partial charge in [0.25, 0.3) is 0 Å². The molecule has 1 saturated heterocycles. The van der Waals surface area contributed by atoms with Gasteiger partial charge >= 0.3 is 12.0 Å². The van der Waals surface area contributed by atoms with Crippen molar-refractivity contribution in [3.8, 4) is 0 Å². The van der Waals surface area contributed by atoms with Crippen LogP contribution >= 0.6 is 0 Å². The Kier molecular flexibility index (Phi) is 3.52. The van der Waals surface area contributed by atoms with Gasteiger partial charge in [0.15, 0.2) is 0 Å². The van der Waals surface area contributed by atoms with Crippen molar-refractivity contribution in [1.29, 1.82) is 0 Å². The van der Waals surface area contributed by atoms with Crippen LogP contribution in [-0.2, 0) is 4.79 Å². The fourth-order valence-corrected chi connectivity index (χ4v) is 1.79. The highest BCUT2D eigenvalue weighted by Crippen LogP contribution is 2.28. The molecule has 0 radical (unpaired) electrons. The molecule has 0 aromatic rings. The van der Waals surface area contributed by atoms with Crippen LogP contribution in [0, 0.1) is 0 Å². The molecule has 4 N–H and O–H groups in total. The number of nitrogens with zero attached hydrogens (tertiary/aromatic N) is 1. The van der Waals surface area contributed by atoms with Crippen LogP contribution < -0.4 is 11.1 Å². The zero-order valence-electron chi connectivity index (χ0n) is 8.82. The molecule has 1 rings (SSSR count). The molecule has 1 atom stereocenters. The number of carboxylic acid groups (broad SMARTS) is 1. The van der Waals surface area contributed by atoms with Crippen molar-refractivity contribution in [2.24, 2.45) is 5.73 Å². The first kappa shape index (κ1) is 11.8. The van der Waals surface area contributed by atoms with Crippen molar-refractivity contribution in [3.05, 3.63) is 0 Å². The number of rotatable bonds is 3. The van der Waals surface area contributed by atoms with Crippen molar-refractivity contribution in [2.75, 3.05) is 19.6 Å². The number of urea groups is 1. The highest BCUT2D eigenvalue weighted by Gasteiger charge is 2.45. The SMILES string of the molecule is CC1(C(=O)O)CCCN1C(=O)NCCN. The maximum absolute atomic E-state index is 11.6. The summed E-state index contributed by atoms with van der Waals surface area (Å²) in [4.78, 5) is 24.1. The zero-order chi connectivity index (χ0) is 11.5. The summed E-state index contributed by atoms with van der Waals surface area (Å²) < 4.78 is 0. The third-order valence-electron chi connectivity index (χ3n) is 2.77. The monoisotopic (exact) mass is 215 g/mol. The van der Waals surface area contributed by atoms with Gasteiger partial charge in [-0.3, -0.25) is 0 Å². The first-order valence-electron chi connectivity index (χ1n) is 5.01. The van der Waals surface area contributed by atoms with E-state index in [1.807, 2.05) is 0 Å². The Balaban J connectivity index is 2.68. The highest BCUT2D eigenvalue weighted by molar-refractivity contribution is 5.86. The van der Waals surface area contributed by atoms with Crippen LogP contribution in [0.3, 0.4) is 0 Å². The van der Waals surface area contributed by atoms with E-state index in [0.29, 0.717) is 26.1 Å². The van der Waals surface area contributed by atoms with E-state index < -0.39 is 11.5 Å². The Morgan fingerprint density at radius 3 is 2.80 bits per heavy atom. The van der Waals surface area contributed by atoms with E-state index in [1.54, 1.807) is 6.92 Å². The van der Waals surface area contributed by atoms with E-state index in [-0.39, 0.29) is 6.03 Å². The van der Waals surface area contributed by atoms with E-state index in [0.717, 1.165) is 6.42 Å². The summed E-state index contributed by atoms with van der Waals surface area (Å²) in [5, 5.41) is 11.7. The Hall–Kier alpha value is -1.30. The molecular weight excluding hydrogens is 198 g/mol. The Labute approximate surface area is 88.4 Å². The third-order valence-corrected chi connectivity index (χ3v) is 2.77. The molecule has 1 unspecified atom stereocenters. The molecule has 1 fully saturated rings. The smallest absolute Gasteiger partial charge is 0.329 e. The second kappa shape index (κ2) is 4.48. The molecule has 6 heteroatoms. The van der Waals surface area contributed by atoms with Gasteiger partial charge in [-0.2, -0.15) is 0 Å². The summed E-state index contributed by atoms with van der Waals surface area (Å²) >= 11 is 0. The number of carbonyl (C=O) groups is 2. The number of likely N-dealkylation sites (tertiary alicyclic amines) is 1. The molecular formula is C9H17N3O3. The molecule has 2 amide bonds. The van der Waals surface area contributed by atoms with Crippen molar-refractivity contribution in [1.82, 2.24) is 10.2 Å². The first-order valence-corrected chi connectivity index (χ1v) is 5.01. The molecule has 86 valence electrons. The van der Waals surface area contributed by atoms with Gasteiger partial charge in [-0.05, 0) is 19.8 Å². The van der Waals surface area contributed by atoms with E-state index in [4.69, 9.17) is 10.8 Å². The third kappa shape index (κ3) is 2.20. The lowest BCUT2D eigenvalue weighted by Crippen LogP contribution is -2.54. The molecule has 0 aromatic carbocycles. The first-order chi connectivity index (χ1) is 7.02. The van der Waals surface area contributed by atoms with Crippen LogP contribution in [-0.4, -0.2) is 47.2 Å². The minimum Gasteiger partial charge on any atom is -0.480 e. The van der Waals surface area contributed by atoms with Crippen LogP contribution in [0.15, 0.2) is 0 Å². The summed E-state index contributed by atoms with van der Waals surface area (Å²) in [5.41, 5.74) is 4.18. The number of nitrogens with two attached hydrogens (primary N) is 1. The fourth-order valence-electron chi connectivity index (χ4n) is 1.79. The normalized spacial score (nSPS) is 25.3. The van der Waals surface area contributed by atoms with Gasteiger partial charge in [0, 0.05) is 19.6 Å². The van der Waals surface area contributed by atoms with E-state index in [1.165, 1.54) is 4.90 Å². The number of aliphatic carboxylic acids is 1. The van der Waals surface area contributed by atoms with E-state index >= 15 is 0 Å². The van der Waals surface area contributed by atoms with Crippen LogP contribution in [0.4, 0.5) is 4.79 Å². The van der Waals surface area contributed by atoms with Crippen molar-refractivity contribution < 1.29 is 14.7 Å². The maximum Gasteiger partial charge on any atom is 0.329 e. The van der Waals surface area contributed by atoms with E-state index in [9.17, 15) is 9.59 Å². The number of hydrogen-bond acceptors (Lipinski definition) is 3. The molecule has 6 nitrogen and oxygen atoms in total. The lowest BCUT2D eigenvalue weighted by molar-refractivity contribution is -0.147. The molecule has 1 aliphatic rings. The van der Waals surface area contributed by atoms with Crippen LogP contribution in [0.5, 0.6) is 0 Å². The Morgan fingerprint density at radius 2 is 2.27 bits per heavy atom. The number of amides is 2. The van der Waals surface area contributed by atoms with Crippen molar-refractivity contribution in [3.63, 3.8) is 0 Å². The second-order valence-corrected chi connectivity index (χ2v) is 3.85. The number of hydrogen-bond donors (Lipinski definition) is 3. The Morgan fingerprint density at radius 1 is 1.60 bits per heavy atom. The molecule has 0 aromatic heterocycles. The van der Waals surface area contributed by atoms with E-state index in [2.05, 4.69) is 5.32 Å². The summed E-state index contributed by atoms with van der Waals surface area (Å²) in [5.74, 6) is -0.956. The molecule has 1 heterocycles. The number of carboxylic acids is 1.